The van der Waals surface area contributed by atoms with Crippen molar-refractivity contribution in [2.75, 3.05) is 18.2 Å². The van der Waals surface area contributed by atoms with Crippen LogP contribution in [-0.2, 0) is 19.1 Å². The van der Waals surface area contributed by atoms with Crippen LogP contribution in [0.25, 0.3) is 0 Å². The van der Waals surface area contributed by atoms with E-state index in [9.17, 15) is 9.59 Å². The summed E-state index contributed by atoms with van der Waals surface area (Å²) in [4.78, 5) is 24.6. The molecule has 6 nitrogen and oxygen atoms in total. The average Bonchev–Trinajstić information content (AvgIpc) is 2.79. The molecule has 1 unspecified atom stereocenters. The molecule has 0 spiro atoms. The summed E-state index contributed by atoms with van der Waals surface area (Å²) >= 11 is 6.26. The van der Waals surface area contributed by atoms with Gasteiger partial charge in [0.1, 0.15) is 11.3 Å². The van der Waals surface area contributed by atoms with Crippen molar-refractivity contribution >= 4 is 29.2 Å². The van der Waals surface area contributed by atoms with Gasteiger partial charge < -0.3 is 9.47 Å². The van der Waals surface area contributed by atoms with Crippen molar-refractivity contribution < 1.29 is 19.1 Å². The quantitative estimate of drug-likeness (QED) is 0.463. The normalized spacial score (nSPS) is 20.3. The van der Waals surface area contributed by atoms with Gasteiger partial charge in [-0.1, -0.05) is 30.7 Å². The minimum atomic E-state index is -0.845. The molecule has 1 aliphatic rings. The van der Waals surface area contributed by atoms with Crippen molar-refractivity contribution in [1.29, 1.82) is 0 Å². The van der Waals surface area contributed by atoms with E-state index >= 15 is 0 Å². The molecule has 7 heteroatoms. The van der Waals surface area contributed by atoms with Crippen LogP contribution in [0.2, 0.25) is 5.02 Å². The summed E-state index contributed by atoms with van der Waals surface area (Å²) in [6.45, 7) is 7.55. The second kappa shape index (κ2) is 7.68. The van der Waals surface area contributed by atoms with Gasteiger partial charge in [-0.15, -0.1) is 0 Å². The van der Waals surface area contributed by atoms with Gasteiger partial charge in [-0.3, -0.25) is 9.59 Å². The third-order valence-corrected chi connectivity index (χ3v) is 3.94. The van der Waals surface area contributed by atoms with Gasteiger partial charge >= 0.3 is 5.97 Å². The molecule has 0 aromatic heterocycles. The van der Waals surface area contributed by atoms with Crippen LogP contribution in [0.1, 0.15) is 27.7 Å². The number of para-hydroxylation sites is 1. The first-order valence-corrected chi connectivity index (χ1v) is 8.16. The number of carbonyl (C=O) groups excluding carboxylic acids is 2. The first-order valence-electron chi connectivity index (χ1n) is 7.78. The highest BCUT2D eigenvalue weighted by molar-refractivity contribution is 6.34. The van der Waals surface area contributed by atoms with Crippen molar-refractivity contribution in [3.05, 3.63) is 40.6 Å². The molecule has 1 heterocycles. The molecule has 1 atom stereocenters. The third kappa shape index (κ3) is 3.39. The number of ether oxygens (including phenoxy) is 2. The smallest absolute Gasteiger partial charge is 0.304 e. The molecule has 2 rings (SSSR count). The Hall–Kier alpha value is -2.05. The number of rotatable bonds is 5. The van der Waals surface area contributed by atoms with Crippen molar-refractivity contribution in [3.63, 3.8) is 0 Å². The van der Waals surface area contributed by atoms with E-state index in [1.54, 1.807) is 36.2 Å². The zero-order chi connectivity index (χ0) is 17.9. The Morgan fingerprint density at radius 1 is 1.25 bits per heavy atom. The number of esters is 1. The maximum atomic E-state index is 13.0. The molecule has 0 radical (unpaired) electrons. The van der Waals surface area contributed by atoms with Gasteiger partial charge in [-0.05, 0) is 26.0 Å². The summed E-state index contributed by atoms with van der Waals surface area (Å²) in [5.41, 5.74) is 0.830. The minimum absolute atomic E-state index is 0.300. The minimum Gasteiger partial charge on any atom is -0.498 e. The van der Waals surface area contributed by atoms with Gasteiger partial charge in [0.05, 0.1) is 17.3 Å². The van der Waals surface area contributed by atoms with Crippen LogP contribution >= 0.6 is 11.6 Å². The molecule has 0 saturated carbocycles. The molecule has 1 amide bonds. The van der Waals surface area contributed by atoms with E-state index < -0.39 is 12.2 Å². The van der Waals surface area contributed by atoms with Crippen molar-refractivity contribution in [2.45, 2.75) is 33.9 Å². The van der Waals surface area contributed by atoms with Gasteiger partial charge in [-0.2, -0.15) is 5.01 Å². The fourth-order valence-electron chi connectivity index (χ4n) is 2.66. The first-order chi connectivity index (χ1) is 11.4. The number of halogens is 1. The number of allylic oxidation sites excluding steroid dienone is 1. The van der Waals surface area contributed by atoms with Gasteiger partial charge in [0.2, 0.25) is 6.23 Å². The lowest BCUT2D eigenvalue weighted by molar-refractivity contribution is -0.151. The third-order valence-electron chi connectivity index (χ3n) is 3.62. The van der Waals surface area contributed by atoms with Gasteiger partial charge in [-0.25, -0.2) is 5.01 Å². The van der Waals surface area contributed by atoms with Crippen LogP contribution in [0.3, 0.4) is 0 Å². The summed E-state index contributed by atoms with van der Waals surface area (Å²) < 4.78 is 10.9. The molecule has 0 N–H and O–H groups in total. The predicted molar refractivity (Wildman–Crippen MR) is 91.2 cm³/mol. The Kier molecular flexibility index (Phi) is 5.85. The van der Waals surface area contributed by atoms with Gasteiger partial charge in [0, 0.05) is 13.5 Å². The Labute approximate surface area is 146 Å². The van der Waals surface area contributed by atoms with Crippen LogP contribution in [0.4, 0.5) is 5.69 Å². The fraction of sp³-hybridized carbons (Fsp3) is 0.412. The Bertz CT molecular complexity index is 674. The number of carbonyl (C=O) groups is 2. The highest BCUT2D eigenvalue weighted by Gasteiger charge is 2.46. The molecule has 1 aliphatic heterocycles. The number of benzene rings is 1. The topological polar surface area (TPSA) is 59.1 Å². The molecule has 0 bridgehead atoms. The number of anilines is 1. The van der Waals surface area contributed by atoms with E-state index in [2.05, 4.69) is 0 Å². The number of nitrogens with zero attached hydrogens (tertiary/aromatic N) is 2. The number of hydrazine groups is 1. The van der Waals surface area contributed by atoms with E-state index in [1.165, 1.54) is 11.9 Å². The molecule has 1 aromatic rings. The molecule has 130 valence electrons. The second-order valence-electron chi connectivity index (χ2n) is 5.19. The first kappa shape index (κ1) is 18.3. The lowest BCUT2D eigenvalue weighted by atomic mass is 10.2. The number of hydrogen-bond acceptors (Lipinski definition) is 5. The summed E-state index contributed by atoms with van der Waals surface area (Å²) in [5, 5.41) is 3.53. The summed E-state index contributed by atoms with van der Waals surface area (Å²) in [5.74, 6) is -0.363. The zero-order valence-electron chi connectivity index (χ0n) is 14.2. The van der Waals surface area contributed by atoms with E-state index in [0.717, 1.165) is 0 Å². The molecule has 1 saturated heterocycles. The Balaban J connectivity index is 2.57. The Morgan fingerprint density at radius 3 is 2.46 bits per heavy atom. The van der Waals surface area contributed by atoms with E-state index in [1.807, 2.05) is 13.8 Å². The summed E-state index contributed by atoms with van der Waals surface area (Å²) in [6.07, 6.45) is -0.845. The fourth-order valence-corrected chi connectivity index (χ4v) is 2.88. The lowest BCUT2D eigenvalue weighted by Gasteiger charge is -2.30. The molecule has 24 heavy (non-hydrogen) atoms. The monoisotopic (exact) mass is 352 g/mol. The molecule has 0 aliphatic carbocycles. The maximum Gasteiger partial charge on any atom is 0.304 e. The molecule has 1 fully saturated rings. The van der Waals surface area contributed by atoms with Crippen LogP contribution in [0, 0.1) is 0 Å². The highest BCUT2D eigenvalue weighted by atomic mass is 35.5. The zero-order valence-corrected chi connectivity index (χ0v) is 15.0. The van der Waals surface area contributed by atoms with Crippen LogP contribution in [0.15, 0.2) is 35.6 Å². The summed E-state index contributed by atoms with van der Waals surface area (Å²) in [6, 6.07) is 7.03. The van der Waals surface area contributed by atoms with Gasteiger partial charge in [0.15, 0.2) is 0 Å². The lowest BCUT2D eigenvalue weighted by Crippen LogP contribution is -2.44. The second-order valence-corrected chi connectivity index (χ2v) is 5.60. The maximum absolute atomic E-state index is 13.0. The summed E-state index contributed by atoms with van der Waals surface area (Å²) in [7, 11) is 0. The number of amides is 1. The van der Waals surface area contributed by atoms with E-state index in [0.29, 0.717) is 35.2 Å². The van der Waals surface area contributed by atoms with Crippen LogP contribution < -0.4 is 5.01 Å². The highest BCUT2D eigenvalue weighted by Crippen LogP contribution is 2.36. The Morgan fingerprint density at radius 2 is 1.92 bits per heavy atom. The molecular formula is C17H21ClN2O4. The van der Waals surface area contributed by atoms with Crippen molar-refractivity contribution in [2.24, 2.45) is 0 Å². The molecule has 1 aromatic carbocycles. The van der Waals surface area contributed by atoms with Gasteiger partial charge in [0.25, 0.3) is 5.91 Å². The largest absolute Gasteiger partial charge is 0.498 e. The van der Waals surface area contributed by atoms with E-state index in [-0.39, 0.29) is 5.91 Å². The van der Waals surface area contributed by atoms with Crippen molar-refractivity contribution in [3.8, 4) is 0 Å². The van der Waals surface area contributed by atoms with Crippen molar-refractivity contribution in [1.82, 2.24) is 5.01 Å². The SMILES string of the molecule is CCOC(C)=C1C(=O)N(c2ccccc2Cl)N(CC)C1OC(C)=O. The standard InChI is InChI=1S/C17H21ClN2O4/c1-5-19-17(24-12(4)21)15(11(3)23-6-2)16(22)20(19)14-10-8-7-9-13(14)18/h7-10,17H,5-6H2,1-4H3. The number of hydrogen-bond donors (Lipinski definition) is 0. The average molecular weight is 353 g/mol. The number of likely N-dealkylation sites (N-methyl/N-ethyl adjacent to an activating group) is 1. The van der Waals surface area contributed by atoms with Crippen LogP contribution in [0.5, 0.6) is 0 Å². The molecular weight excluding hydrogens is 332 g/mol. The van der Waals surface area contributed by atoms with Crippen LogP contribution in [-0.4, -0.2) is 36.3 Å². The van der Waals surface area contributed by atoms with E-state index in [4.69, 9.17) is 21.1 Å². The predicted octanol–water partition coefficient (Wildman–Crippen LogP) is 3.12.